The summed E-state index contributed by atoms with van der Waals surface area (Å²) in [5.74, 6) is 1.08. The summed E-state index contributed by atoms with van der Waals surface area (Å²) in [6, 6.07) is 6.21. The zero-order valence-electron chi connectivity index (χ0n) is 14.2. The van der Waals surface area contributed by atoms with Gasteiger partial charge in [0.05, 0.1) is 23.7 Å². The SMILES string of the molecule is Cc1cc2ncc3c(n2n1)C[C@H]1CC[C@H]3N1C(=O)CCc1ccco1. The molecule has 2 aliphatic rings. The average Bonchev–Trinajstić information content (AvgIpc) is 3.31. The van der Waals surface area contributed by atoms with Gasteiger partial charge < -0.3 is 9.32 Å². The monoisotopic (exact) mass is 336 g/mol. The largest absolute Gasteiger partial charge is 0.469 e. The summed E-state index contributed by atoms with van der Waals surface area (Å²) in [4.78, 5) is 19.5. The Hall–Kier alpha value is -2.63. The number of fused-ring (bicyclic) bond motifs is 6. The average molecular weight is 336 g/mol. The second-order valence-corrected chi connectivity index (χ2v) is 7.05. The lowest BCUT2D eigenvalue weighted by Gasteiger charge is -2.36. The fraction of sp³-hybridized carbons (Fsp3) is 0.421. The number of nitrogens with zero attached hydrogens (tertiary/aromatic N) is 4. The number of aromatic nitrogens is 3. The maximum absolute atomic E-state index is 12.9. The van der Waals surface area contributed by atoms with Crippen LogP contribution < -0.4 is 0 Å². The Morgan fingerprint density at radius 2 is 2.32 bits per heavy atom. The molecule has 2 atom stereocenters. The van der Waals surface area contributed by atoms with Crippen LogP contribution in [0.15, 0.2) is 35.1 Å². The van der Waals surface area contributed by atoms with Crippen molar-refractivity contribution < 1.29 is 9.21 Å². The number of hydrogen-bond acceptors (Lipinski definition) is 4. The van der Waals surface area contributed by atoms with Crippen LogP contribution in [0, 0.1) is 6.92 Å². The molecule has 5 heterocycles. The summed E-state index contributed by atoms with van der Waals surface area (Å²) in [5, 5.41) is 4.60. The lowest BCUT2D eigenvalue weighted by Crippen LogP contribution is -2.42. The Labute approximate surface area is 145 Å². The molecule has 1 fully saturated rings. The van der Waals surface area contributed by atoms with E-state index in [1.165, 1.54) is 5.69 Å². The van der Waals surface area contributed by atoms with E-state index in [0.29, 0.717) is 12.8 Å². The van der Waals surface area contributed by atoms with Crippen molar-refractivity contribution in [2.24, 2.45) is 0 Å². The number of carbonyl (C=O) groups is 1. The van der Waals surface area contributed by atoms with E-state index in [1.54, 1.807) is 6.26 Å². The van der Waals surface area contributed by atoms with E-state index in [1.807, 2.05) is 35.8 Å². The second-order valence-electron chi connectivity index (χ2n) is 7.05. The van der Waals surface area contributed by atoms with E-state index >= 15 is 0 Å². The van der Waals surface area contributed by atoms with Gasteiger partial charge in [0.1, 0.15) is 5.76 Å². The Balaban J connectivity index is 1.45. The molecule has 2 aliphatic heterocycles. The molecule has 25 heavy (non-hydrogen) atoms. The topological polar surface area (TPSA) is 63.6 Å². The first kappa shape index (κ1) is 14.7. The molecule has 6 nitrogen and oxygen atoms in total. The smallest absolute Gasteiger partial charge is 0.223 e. The molecule has 0 aromatic carbocycles. The van der Waals surface area contributed by atoms with Gasteiger partial charge in [-0.15, -0.1) is 0 Å². The zero-order valence-corrected chi connectivity index (χ0v) is 14.2. The van der Waals surface area contributed by atoms with Crippen molar-refractivity contribution in [3.8, 4) is 0 Å². The van der Waals surface area contributed by atoms with Crippen LogP contribution in [0.3, 0.4) is 0 Å². The van der Waals surface area contributed by atoms with Crippen LogP contribution in [0.25, 0.3) is 5.65 Å². The summed E-state index contributed by atoms with van der Waals surface area (Å²) < 4.78 is 7.33. The Morgan fingerprint density at radius 3 is 3.16 bits per heavy atom. The van der Waals surface area contributed by atoms with Gasteiger partial charge in [-0.3, -0.25) is 4.79 Å². The molecular formula is C19H20N4O2. The van der Waals surface area contributed by atoms with E-state index in [9.17, 15) is 4.79 Å². The first-order valence-electron chi connectivity index (χ1n) is 8.88. The number of furan rings is 1. The highest BCUT2D eigenvalue weighted by atomic mass is 16.3. The summed E-state index contributed by atoms with van der Waals surface area (Å²) in [6.45, 7) is 1.99. The molecule has 2 bridgehead atoms. The van der Waals surface area contributed by atoms with Gasteiger partial charge in [-0.1, -0.05) is 0 Å². The normalized spacial score (nSPS) is 21.7. The number of rotatable bonds is 3. The Bertz CT molecular complexity index is 944. The predicted octanol–water partition coefficient (Wildman–Crippen LogP) is 2.85. The number of amides is 1. The van der Waals surface area contributed by atoms with Gasteiger partial charge in [0.25, 0.3) is 0 Å². The summed E-state index contributed by atoms with van der Waals surface area (Å²) in [7, 11) is 0. The Kier molecular flexibility index (Phi) is 3.20. The molecule has 0 radical (unpaired) electrons. The van der Waals surface area contributed by atoms with Gasteiger partial charge in [0, 0.05) is 43.1 Å². The van der Waals surface area contributed by atoms with E-state index in [2.05, 4.69) is 15.0 Å². The van der Waals surface area contributed by atoms with Crippen LogP contribution >= 0.6 is 0 Å². The zero-order chi connectivity index (χ0) is 17.0. The molecule has 0 N–H and O–H groups in total. The molecule has 1 saturated heterocycles. The number of carbonyl (C=O) groups excluding carboxylic acids is 1. The van der Waals surface area contributed by atoms with Crippen molar-refractivity contribution in [1.29, 1.82) is 0 Å². The third kappa shape index (κ3) is 2.27. The third-order valence-corrected chi connectivity index (χ3v) is 5.48. The van der Waals surface area contributed by atoms with Gasteiger partial charge in [-0.05, 0) is 31.9 Å². The first-order chi connectivity index (χ1) is 12.2. The molecule has 1 amide bonds. The second kappa shape index (κ2) is 5.44. The highest BCUT2D eigenvalue weighted by Gasteiger charge is 2.43. The van der Waals surface area contributed by atoms with Crippen LogP contribution in [-0.4, -0.2) is 31.4 Å². The maximum Gasteiger partial charge on any atom is 0.223 e. The van der Waals surface area contributed by atoms with Crippen LogP contribution in [0.1, 0.15) is 48.0 Å². The van der Waals surface area contributed by atoms with Crippen LogP contribution in [0.4, 0.5) is 0 Å². The van der Waals surface area contributed by atoms with Crippen molar-refractivity contribution in [2.45, 2.75) is 51.1 Å². The van der Waals surface area contributed by atoms with Gasteiger partial charge in [-0.25, -0.2) is 9.50 Å². The molecule has 6 heteroatoms. The van der Waals surface area contributed by atoms with Crippen LogP contribution in [-0.2, 0) is 17.6 Å². The van der Waals surface area contributed by atoms with Crippen molar-refractivity contribution in [3.63, 3.8) is 0 Å². The first-order valence-corrected chi connectivity index (χ1v) is 8.88. The number of aryl methyl sites for hydroxylation is 2. The van der Waals surface area contributed by atoms with E-state index in [0.717, 1.165) is 41.9 Å². The summed E-state index contributed by atoms with van der Waals surface area (Å²) >= 11 is 0. The van der Waals surface area contributed by atoms with Crippen molar-refractivity contribution in [2.75, 3.05) is 0 Å². The molecule has 128 valence electrons. The molecule has 0 spiro atoms. The predicted molar refractivity (Wildman–Crippen MR) is 91.1 cm³/mol. The van der Waals surface area contributed by atoms with Crippen molar-refractivity contribution in [1.82, 2.24) is 19.5 Å². The molecule has 3 aromatic rings. The van der Waals surface area contributed by atoms with E-state index < -0.39 is 0 Å². The molecule has 0 saturated carbocycles. The molecule has 0 unspecified atom stereocenters. The highest BCUT2D eigenvalue weighted by Crippen LogP contribution is 2.43. The standard InChI is InChI=1S/C19H20N4O2/c1-12-9-18-20-11-15-16-6-4-13(10-17(15)23(18)21-12)22(16)19(24)7-5-14-3-2-8-25-14/h2-3,8-9,11,13,16H,4-7,10H2,1H3/t13-,16-/m1/s1. The molecular weight excluding hydrogens is 316 g/mol. The van der Waals surface area contributed by atoms with Gasteiger partial charge in [0.15, 0.2) is 5.65 Å². The summed E-state index contributed by atoms with van der Waals surface area (Å²) in [6.07, 6.45) is 7.68. The molecule has 3 aromatic heterocycles. The minimum Gasteiger partial charge on any atom is -0.469 e. The fourth-order valence-corrected chi connectivity index (χ4v) is 4.39. The van der Waals surface area contributed by atoms with Crippen LogP contribution in [0.2, 0.25) is 0 Å². The minimum absolute atomic E-state index is 0.138. The third-order valence-electron chi connectivity index (χ3n) is 5.48. The van der Waals surface area contributed by atoms with E-state index in [4.69, 9.17) is 4.42 Å². The Morgan fingerprint density at radius 1 is 1.40 bits per heavy atom. The quantitative estimate of drug-likeness (QED) is 0.738. The fourth-order valence-electron chi connectivity index (χ4n) is 4.39. The van der Waals surface area contributed by atoms with Crippen molar-refractivity contribution >= 4 is 11.6 Å². The summed E-state index contributed by atoms with van der Waals surface area (Å²) in [5.41, 5.74) is 4.26. The molecule has 0 aliphatic carbocycles. The highest BCUT2D eigenvalue weighted by molar-refractivity contribution is 5.78. The molecule has 5 rings (SSSR count). The van der Waals surface area contributed by atoms with Crippen LogP contribution in [0.5, 0.6) is 0 Å². The lowest BCUT2D eigenvalue weighted by molar-refractivity contribution is -0.134. The maximum atomic E-state index is 12.9. The minimum atomic E-state index is 0.138. The van der Waals surface area contributed by atoms with E-state index in [-0.39, 0.29) is 18.0 Å². The number of hydrogen-bond donors (Lipinski definition) is 0. The van der Waals surface area contributed by atoms with Gasteiger partial charge >= 0.3 is 0 Å². The van der Waals surface area contributed by atoms with Crippen molar-refractivity contribution in [3.05, 3.63) is 53.4 Å². The van der Waals surface area contributed by atoms with Gasteiger partial charge in [0.2, 0.25) is 5.91 Å². The van der Waals surface area contributed by atoms with Gasteiger partial charge in [-0.2, -0.15) is 5.10 Å². The lowest BCUT2D eigenvalue weighted by atomic mass is 9.98.